The molecule has 1 aromatic rings. The van der Waals surface area contributed by atoms with Gasteiger partial charge in [-0.15, -0.1) is 5.23 Å². The Morgan fingerprint density at radius 1 is 1.38 bits per heavy atom. The molecule has 1 aliphatic rings. The SMILES string of the molecule is CC(C)(C)OC(=O)N1CCCC(Oc2cc(Cl)ccc2N(O)O)C1. The lowest BCUT2D eigenvalue weighted by molar-refractivity contribution is 0.00562. The van der Waals surface area contributed by atoms with Crippen LogP contribution in [0.15, 0.2) is 18.2 Å². The number of anilines is 1. The number of piperidine rings is 1. The molecule has 1 aromatic carbocycles. The summed E-state index contributed by atoms with van der Waals surface area (Å²) in [5.74, 6) is 0.239. The van der Waals surface area contributed by atoms with Crippen molar-refractivity contribution in [1.82, 2.24) is 4.90 Å². The van der Waals surface area contributed by atoms with Gasteiger partial charge in [-0.3, -0.25) is 10.4 Å². The fourth-order valence-electron chi connectivity index (χ4n) is 2.45. The molecule has 2 rings (SSSR count). The van der Waals surface area contributed by atoms with Gasteiger partial charge in [0.05, 0.1) is 6.54 Å². The Balaban J connectivity index is 2.06. The lowest BCUT2D eigenvalue weighted by Gasteiger charge is -2.34. The fraction of sp³-hybridized carbons (Fsp3) is 0.562. The maximum absolute atomic E-state index is 12.2. The van der Waals surface area contributed by atoms with Crippen molar-refractivity contribution in [2.45, 2.75) is 45.3 Å². The van der Waals surface area contributed by atoms with Crippen LogP contribution in [0.25, 0.3) is 0 Å². The van der Waals surface area contributed by atoms with E-state index in [1.54, 1.807) is 4.90 Å². The van der Waals surface area contributed by atoms with Crippen molar-refractivity contribution in [1.29, 1.82) is 0 Å². The standard InChI is InChI=1S/C16H23ClN2O5/c1-16(2,3)24-15(20)18-8-4-5-12(10-18)23-14-9-11(17)6-7-13(14)19(21)22/h6-7,9,12,21-22H,4-5,8,10H2,1-3H3. The molecule has 0 saturated carbocycles. The Kier molecular flexibility index (Phi) is 5.79. The zero-order valence-corrected chi connectivity index (χ0v) is 14.8. The quantitative estimate of drug-likeness (QED) is 0.801. The number of carbonyl (C=O) groups is 1. The summed E-state index contributed by atoms with van der Waals surface area (Å²) in [6, 6.07) is 4.46. The number of ether oxygens (including phenoxy) is 2. The Hall–Kier alpha value is -1.70. The molecule has 0 spiro atoms. The van der Waals surface area contributed by atoms with Crippen LogP contribution in [-0.4, -0.2) is 46.2 Å². The van der Waals surface area contributed by atoms with E-state index in [4.69, 9.17) is 21.1 Å². The van der Waals surface area contributed by atoms with Crippen molar-refractivity contribution in [3.63, 3.8) is 0 Å². The van der Waals surface area contributed by atoms with Crippen LogP contribution in [0.5, 0.6) is 5.75 Å². The summed E-state index contributed by atoms with van der Waals surface area (Å²) >= 11 is 5.94. The molecule has 1 saturated heterocycles. The molecule has 1 fully saturated rings. The van der Waals surface area contributed by atoms with Crippen molar-refractivity contribution in [2.24, 2.45) is 0 Å². The van der Waals surface area contributed by atoms with Gasteiger partial charge in [-0.1, -0.05) is 11.6 Å². The first-order valence-electron chi connectivity index (χ1n) is 7.78. The van der Waals surface area contributed by atoms with E-state index in [0.717, 1.165) is 12.8 Å². The monoisotopic (exact) mass is 358 g/mol. The molecule has 8 heteroatoms. The van der Waals surface area contributed by atoms with Crippen LogP contribution in [0.4, 0.5) is 10.5 Å². The van der Waals surface area contributed by atoms with Crippen molar-refractivity contribution in [3.05, 3.63) is 23.2 Å². The molecular weight excluding hydrogens is 336 g/mol. The third-order valence-electron chi connectivity index (χ3n) is 3.46. The van der Waals surface area contributed by atoms with Gasteiger partial charge in [0, 0.05) is 17.6 Å². The smallest absolute Gasteiger partial charge is 0.410 e. The second kappa shape index (κ2) is 7.46. The van der Waals surface area contributed by atoms with Crippen LogP contribution in [0.3, 0.4) is 0 Å². The number of carbonyl (C=O) groups excluding carboxylic acids is 1. The van der Waals surface area contributed by atoms with Crippen LogP contribution < -0.4 is 9.96 Å². The molecule has 0 aliphatic carbocycles. The van der Waals surface area contributed by atoms with Gasteiger partial charge >= 0.3 is 6.09 Å². The first kappa shape index (κ1) is 18.6. The van der Waals surface area contributed by atoms with Gasteiger partial charge in [-0.2, -0.15) is 0 Å². The van der Waals surface area contributed by atoms with Crippen LogP contribution >= 0.6 is 11.6 Å². The van der Waals surface area contributed by atoms with E-state index in [0.29, 0.717) is 18.1 Å². The van der Waals surface area contributed by atoms with E-state index in [1.165, 1.54) is 18.2 Å². The number of halogens is 1. The predicted molar refractivity (Wildman–Crippen MR) is 89.0 cm³/mol. The van der Waals surface area contributed by atoms with Crippen molar-refractivity contribution in [2.75, 3.05) is 18.3 Å². The van der Waals surface area contributed by atoms with Gasteiger partial charge in [0.2, 0.25) is 0 Å². The van der Waals surface area contributed by atoms with E-state index in [2.05, 4.69) is 0 Å². The maximum Gasteiger partial charge on any atom is 0.410 e. The maximum atomic E-state index is 12.2. The van der Waals surface area contributed by atoms with E-state index in [1.807, 2.05) is 20.8 Å². The zero-order chi connectivity index (χ0) is 17.9. The first-order valence-corrected chi connectivity index (χ1v) is 8.15. The largest absolute Gasteiger partial charge is 0.486 e. The summed E-state index contributed by atoms with van der Waals surface area (Å²) in [5.41, 5.74) is -0.479. The van der Waals surface area contributed by atoms with Crippen LogP contribution in [0.1, 0.15) is 33.6 Å². The minimum Gasteiger partial charge on any atom is -0.486 e. The third-order valence-corrected chi connectivity index (χ3v) is 3.70. The summed E-state index contributed by atoms with van der Waals surface area (Å²) in [6.07, 6.45) is 0.834. The van der Waals surface area contributed by atoms with Crippen LogP contribution in [-0.2, 0) is 4.74 Å². The highest BCUT2D eigenvalue weighted by atomic mass is 35.5. The molecule has 1 heterocycles. The fourth-order valence-corrected chi connectivity index (χ4v) is 2.62. The number of nitrogens with zero attached hydrogens (tertiary/aromatic N) is 2. The van der Waals surface area contributed by atoms with Crippen molar-refractivity contribution in [3.8, 4) is 5.75 Å². The second-order valence-electron chi connectivity index (χ2n) is 6.71. The summed E-state index contributed by atoms with van der Waals surface area (Å²) in [5, 5.41) is 18.9. The molecule has 24 heavy (non-hydrogen) atoms. The third kappa shape index (κ3) is 5.15. The molecule has 0 aromatic heterocycles. The summed E-state index contributed by atoms with van der Waals surface area (Å²) in [4.78, 5) is 13.8. The van der Waals surface area contributed by atoms with Gasteiger partial charge in [-0.05, 0) is 45.7 Å². The summed E-state index contributed by atoms with van der Waals surface area (Å²) in [6.45, 7) is 6.41. The van der Waals surface area contributed by atoms with Gasteiger partial charge in [0.15, 0.2) is 0 Å². The van der Waals surface area contributed by atoms with Gasteiger partial charge < -0.3 is 14.4 Å². The Bertz CT molecular complexity index is 588. The lowest BCUT2D eigenvalue weighted by atomic mass is 10.1. The van der Waals surface area contributed by atoms with E-state index in [-0.39, 0.29) is 28.9 Å². The molecular formula is C16H23ClN2O5. The first-order chi connectivity index (χ1) is 11.2. The number of benzene rings is 1. The highest BCUT2D eigenvalue weighted by Crippen LogP contribution is 2.32. The van der Waals surface area contributed by atoms with E-state index >= 15 is 0 Å². The Morgan fingerprint density at radius 3 is 2.71 bits per heavy atom. The summed E-state index contributed by atoms with van der Waals surface area (Å²) < 4.78 is 11.2. The lowest BCUT2D eigenvalue weighted by Crippen LogP contribution is -2.46. The molecule has 0 bridgehead atoms. The number of likely N-dealkylation sites (tertiary alicyclic amines) is 1. The Labute approximate surface area is 146 Å². The highest BCUT2D eigenvalue weighted by Gasteiger charge is 2.29. The van der Waals surface area contributed by atoms with Crippen LogP contribution in [0, 0.1) is 0 Å². The van der Waals surface area contributed by atoms with Gasteiger partial charge in [-0.25, -0.2) is 4.79 Å². The molecule has 1 aliphatic heterocycles. The van der Waals surface area contributed by atoms with Crippen LogP contribution in [0.2, 0.25) is 5.02 Å². The molecule has 2 N–H and O–H groups in total. The van der Waals surface area contributed by atoms with Crippen molar-refractivity contribution >= 4 is 23.4 Å². The molecule has 0 radical (unpaired) electrons. The summed E-state index contributed by atoms with van der Waals surface area (Å²) in [7, 11) is 0. The molecule has 7 nitrogen and oxygen atoms in total. The van der Waals surface area contributed by atoms with Gasteiger partial charge in [0.25, 0.3) is 0 Å². The average molecular weight is 359 g/mol. The molecule has 134 valence electrons. The zero-order valence-electron chi connectivity index (χ0n) is 14.0. The number of amides is 1. The van der Waals surface area contributed by atoms with Gasteiger partial charge in [0.1, 0.15) is 23.1 Å². The number of hydrogen-bond donors (Lipinski definition) is 2. The second-order valence-corrected chi connectivity index (χ2v) is 7.15. The molecule has 1 unspecified atom stereocenters. The van der Waals surface area contributed by atoms with E-state index < -0.39 is 5.60 Å². The number of hydrogen-bond acceptors (Lipinski definition) is 6. The topological polar surface area (TPSA) is 82.5 Å². The molecule has 1 amide bonds. The normalized spacial score (nSPS) is 18.2. The average Bonchev–Trinajstić information content (AvgIpc) is 2.45. The minimum atomic E-state index is -0.556. The predicted octanol–water partition coefficient (Wildman–Crippen LogP) is 3.70. The molecule has 1 atom stereocenters. The minimum absolute atomic E-state index is 0.0138. The number of rotatable bonds is 3. The van der Waals surface area contributed by atoms with E-state index in [9.17, 15) is 15.2 Å². The Morgan fingerprint density at radius 2 is 2.08 bits per heavy atom. The van der Waals surface area contributed by atoms with Crippen molar-refractivity contribution < 1.29 is 24.7 Å². The highest BCUT2D eigenvalue weighted by molar-refractivity contribution is 6.30.